The van der Waals surface area contributed by atoms with Crippen LogP contribution in [0.4, 0.5) is 0 Å². The zero-order valence-electron chi connectivity index (χ0n) is 10.7. The van der Waals surface area contributed by atoms with E-state index >= 15 is 0 Å². The van der Waals surface area contributed by atoms with Gasteiger partial charge in [0, 0.05) is 18.6 Å². The molecule has 1 fully saturated rings. The Balaban J connectivity index is 2.56. The number of likely N-dealkylation sites (N-methyl/N-ethyl adjacent to an activating group) is 1. The summed E-state index contributed by atoms with van der Waals surface area (Å²) in [5, 5.41) is 0. The Morgan fingerprint density at radius 3 is 1.93 bits per heavy atom. The number of hydrogen-bond donors (Lipinski definition) is 0. The second-order valence-corrected chi connectivity index (χ2v) is 6.53. The van der Waals surface area contributed by atoms with E-state index in [0.717, 1.165) is 6.67 Å². The summed E-state index contributed by atoms with van der Waals surface area (Å²) in [5.41, 5.74) is 0.758. The predicted molar refractivity (Wildman–Crippen MR) is 62.4 cm³/mol. The number of rotatable bonds is 2. The quantitative estimate of drug-likeness (QED) is 0.672. The molecule has 1 aliphatic rings. The largest absolute Gasteiger partial charge is 0.292 e. The maximum Gasteiger partial charge on any atom is 0.0509 e. The van der Waals surface area contributed by atoms with Crippen LogP contribution < -0.4 is 0 Å². The van der Waals surface area contributed by atoms with Crippen molar-refractivity contribution in [2.24, 2.45) is 5.41 Å². The number of nitrogens with zero attached hydrogens (tertiary/aromatic N) is 2. The molecule has 0 aliphatic carbocycles. The molecule has 0 spiro atoms. The van der Waals surface area contributed by atoms with Gasteiger partial charge in [-0.1, -0.05) is 20.8 Å². The van der Waals surface area contributed by atoms with Gasteiger partial charge in [-0.05, 0) is 32.7 Å². The second kappa shape index (κ2) is 3.82. The molecule has 0 bridgehead atoms. The smallest absolute Gasteiger partial charge is 0.0509 e. The lowest BCUT2D eigenvalue weighted by Crippen LogP contribution is -2.45. The first-order chi connectivity index (χ1) is 6.21. The van der Waals surface area contributed by atoms with Crippen molar-refractivity contribution in [3.63, 3.8) is 0 Å². The van der Waals surface area contributed by atoms with Crippen LogP contribution in [0, 0.1) is 5.41 Å². The highest BCUT2D eigenvalue weighted by molar-refractivity contribution is 4.88. The predicted octanol–water partition coefficient (Wildman–Crippen LogP) is 2.41. The van der Waals surface area contributed by atoms with Crippen molar-refractivity contribution < 1.29 is 0 Å². The van der Waals surface area contributed by atoms with Crippen LogP contribution in [0.25, 0.3) is 0 Å². The summed E-state index contributed by atoms with van der Waals surface area (Å²) < 4.78 is 0. The summed E-state index contributed by atoms with van der Waals surface area (Å²) in [7, 11) is 2.20. The summed E-state index contributed by atoms with van der Waals surface area (Å²) >= 11 is 0. The van der Waals surface area contributed by atoms with Gasteiger partial charge in [-0.25, -0.2) is 0 Å². The third-order valence-electron chi connectivity index (χ3n) is 2.98. The standard InChI is InChI=1S/C12H26N2/c1-11(2,3)9-12(4,5)14-8-7-13(6)10-14/h7-10H2,1-6H3. The third kappa shape index (κ3) is 3.25. The molecule has 0 radical (unpaired) electrons. The van der Waals surface area contributed by atoms with Gasteiger partial charge in [-0.15, -0.1) is 0 Å². The lowest BCUT2D eigenvalue weighted by Gasteiger charge is -2.40. The Hall–Kier alpha value is -0.0800. The van der Waals surface area contributed by atoms with E-state index in [1.807, 2.05) is 0 Å². The zero-order chi connectivity index (χ0) is 11.0. The van der Waals surface area contributed by atoms with Gasteiger partial charge in [-0.2, -0.15) is 0 Å². The van der Waals surface area contributed by atoms with Gasteiger partial charge in [-0.3, -0.25) is 9.80 Å². The number of hydrogen-bond acceptors (Lipinski definition) is 2. The molecule has 0 saturated carbocycles. The molecule has 14 heavy (non-hydrogen) atoms. The highest BCUT2D eigenvalue weighted by Crippen LogP contribution is 2.32. The van der Waals surface area contributed by atoms with Crippen LogP contribution >= 0.6 is 0 Å². The zero-order valence-corrected chi connectivity index (χ0v) is 10.7. The van der Waals surface area contributed by atoms with E-state index in [1.54, 1.807) is 0 Å². The first-order valence-electron chi connectivity index (χ1n) is 5.64. The summed E-state index contributed by atoms with van der Waals surface area (Å²) in [6, 6.07) is 0. The molecule has 0 aromatic rings. The first-order valence-corrected chi connectivity index (χ1v) is 5.64. The average Bonchev–Trinajstić information content (AvgIpc) is 2.29. The summed E-state index contributed by atoms with van der Waals surface area (Å²) in [6.45, 7) is 15.3. The van der Waals surface area contributed by atoms with E-state index in [0.29, 0.717) is 11.0 Å². The van der Waals surface area contributed by atoms with E-state index in [4.69, 9.17) is 0 Å². The maximum absolute atomic E-state index is 2.60. The van der Waals surface area contributed by atoms with Gasteiger partial charge in [0.1, 0.15) is 0 Å². The Bertz CT molecular complexity index is 191. The topological polar surface area (TPSA) is 6.48 Å². The van der Waals surface area contributed by atoms with Gasteiger partial charge in [0.15, 0.2) is 0 Å². The van der Waals surface area contributed by atoms with Gasteiger partial charge in [0.25, 0.3) is 0 Å². The highest BCUT2D eigenvalue weighted by atomic mass is 15.4. The molecule has 0 N–H and O–H groups in total. The van der Waals surface area contributed by atoms with E-state index in [9.17, 15) is 0 Å². The van der Waals surface area contributed by atoms with Crippen molar-refractivity contribution in [2.75, 3.05) is 26.8 Å². The van der Waals surface area contributed by atoms with Gasteiger partial charge < -0.3 is 0 Å². The lowest BCUT2D eigenvalue weighted by atomic mass is 9.81. The minimum atomic E-state index is 0.336. The molecular weight excluding hydrogens is 172 g/mol. The van der Waals surface area contributed by atoms with Crippen LogP contribution in [-0.4, -0.2) is 42.1 Å². The summed E-state index contributed by atoms with van der Waals surface area (Å²) in [4.78, 5) is 4.99. The van der Waals surface area contributed by atoms with Crippen molar-refractivity contribution in [3.8, 4) is 0 Å². The van der Waals surface area contributed by atoms with Crippen LogP contribution in [0.2, 0.25) is 0 Å². The van der Waals surface area contributed by atoms with Crippen molar-refractivity contribution >= 4 is 0 Å². The fourth-order valence-corrected chi connectivity index (χ4v) is 2.63. The molecule has 0 aromatic carbocycles. The molecule has 1 rings (SSSR count). The Kier molecular flexibility index (Phi) is 3.27. The monoisotopic (exact) mass is 198 g/mol. The van der Waals surface area contributed by atoms with E-state index in [2.05, 4.69) is 51.5 Å². The molecule has 0 aromatic heterocycles. The van der Waals surface area contributed by atoms with Crippen LogP contribution in [0.15, 0.2) is 0 Å². The molecule has 0 atom stereocenters. The molecule has 1 saturated heterocycles. The average molecular weight is 198 g/mol. The van der Waals surface area contributed by atoms with Gasteiger partial charge in [0.2, 0.25) is 0 Å². The van der Waals surface area contributed by atoms with Crippen molar-refractivity contribution in [1.29, 1.82) is 0 Å². The van der Waals surface area contributed by atoms with Crippen molar-refractivity contribution in [3.05, 3.63) is 0 Å². The normalized spacial score (nSPS) is 21.9. The first kappa shape index (κ1) is 12.0. The SMILES string of the molecule is CN1CCN(C(C)(C)CC(C)(C)C)C1. The van der Waals surface area contributed by atoms with Gasteiger partial charge in [0.05, 0.1) is 6.67 Å². The minimum absolute atomic E-state index is 0.336. The van der Waals surface area contributed by atoms with Crippen LogP contribution in [-0.2, 0) is 0 Å². The third-order valence-corrected chi connectivity index (χ3v) is 2.98. The minimum Gasteiger partial charge on any atom is -0.292 e. The van der Waals surface area contributed by atoms with Crippen molar-refractivity contribution in [2.45, 2.75) is 46.6 Å². The van der Waals surface area contributed by atoms with Crippen LogP contribution in [0.3, 0.4) is 0 Å². The molecule has 0 unspecified atom stereocenters. The summed E-state index contributed by atoms with van der Waals surface area (Å²) in [5.74, 6) is 0. The molecule has 0 amide bonds. The molecule has 84 valence electrons. The van der Waals surface area contributed by atoms with Crippen LogP contribution in [0.1, 0.15) is 41.0 Å². The Morgan fingerprint density at radius 2 is 1.57 bits per heavy atom. The fourth-order valence-electron chi connectivity index (χ4n) is 2.63. The van der Waals surface area contributed by atoms with E-state index in [1.165, 1.54) is 19.5 Å². The summed E-state index contributed by atoms with van der Waals surface area (Å²) in [6.07, 6.45) is 1.26. The van der Waals surface area contributed by atoms with E-state index in [-0.39, 0.29) is 0 Å². The fraction of sp³-hybridized carbons (Fsp3) is 1.00. The van der Waals surface area contributed by atoms with Crippen molar-refractivity contribution in [1.82, 2.24) is 9.80 Å². The molecular formula is C12H26N2. The van der Waals surface area contributed by atoms with E-state index < -0.39 is 0 Å². The maximum atomic E-state index is 2.60. The second-order valence-electron chi connectivity index (χ2n) is 6.53. The highest BCUT2D eigenvalue weighted by Gasteiger charge is 2.34. The Morgan fingerprint density at radius 1 is 1.00 bits per heavy atom. The lowest BCUT2D eigenvalue weighted by molar-refractivity contribution is 0.0870. The molecule has 1 heterocycles. The molecule has 2 nitrogen and oxygen atoms in total. The Labute approximate surface area is 89.3 Å². The molecule has 1 aliphatic heterocycles. The van der Waals surface area contributed by atoms with Gasteiger partial charge >= 0.3 is 0 Å². The van der Waals surface area contributed by atoms with Crippen LogP contribution in [0.5, 0.6) is 0 Å². The molecule has 2 heteroatoms.